The van der Waals surface area contributed by atoms with Gasteiger partial charge in [0.15, 0.2) is 0 Å². The predicted octanol–water partition coefficient (Wildman–Crippen LogP) is 1.60. The maximum atomic E-state index is 9.61. The molecule has 96 valence electrons. The van der Waals surface area contributed by atoms with Crippen LogP contribution in [-0.4, -0.2) is 41.3 Å². The van der Waals surface area contributed by atoms with Crippen molar-refractivity contribution in [1.82, 2.24) is 4.90 Å². The molecule has 0 amide bonds. The Labute approximate surface area is 100 Å². The molecule has 1 rings (SSSR count). The summed E-state index contributed by atoms with van der Waals surface area (Å²) < 4.78 is 0. The summed E-state index contributed by atoms with van der Waals surface area (Å²) in [5, 5.41) is 9.61. The molecule has 0 aromatic carbocycles. The quantitative estimate of drug-likeness (QED) is 0.771. The number of nitrogens with zero attached hydrogens (tertiary/aromatic N) is 1. The van der Waals surface area contributed by atoms with E-state index in [9.17, 15) is 5.11 Å². The zero-order chi connectivity index (χ0) is 12.3. The molecule has 1 aliphatic heterocycles. The van der Waals surface area contributed by atoms with Gasteiger partial charge in [-0.05, 0) is 31.7 Å². The van der Waals surface area contributed by atoms with Gasteiger partial charge in [-0.2, -0.15) is 0 Å². The Morgan fingerprint density at radius 1 is 1.38 bits per heavy atom. The molecule has 1 saturated heterocycles. The minimum atomic E-state index is 0.0260. The molecule has 0 aromatic heterocycles. The average molecular weight is 228 g/mol. The molecule has 3 unspecified atom stereocenters. The lowest BCUT2D eigenvalue weighted by Gasteiger charge is -2.44. The van der Waals surface area contributed by atoms with Crippen LogP contribution in [0, 0.1) is 5.41 Å². The van der Waals surface area contributed by atoms with Crippen LogP contribution in [0.3, 0.4) is 0 Å². The summed E-state index contributed by atoms with van der Waals surface area (Å²) in [5.41, 5.74) is 6.34. The SMILES string of the molecule is CC1CCCCN1C(CO)C(N)C(C)(C)C. The van der Waals surface area contributed by atoms with Gasteiger partial charge in [0.05, 0.1) is 6.61 Å². The summed E-state index contributed by atoms with van der Waals surface area (Å²) in [6.45, 7) is 9.94. The zero-order valence-electron chi connectivity index (χ0n) is 11.2. The van der Waals surface area contributed by atoms with Crippen LogP contribution >= 0.6 is 0 Å². The number of piperidine rings is 1. The van der Waals surface area contributed by atoms with E-state index in [1.165, 1.54) is 19.3 Å². The third-order valence-corrected chi connectivity index (χ3v) is 3.88. The van der Waals surface area contributed by atoms with Crippen molar-refractivity contribution >= 4 is 0 Å². The Kier molecular flexibility index (Phi) is 4.77. The van der Waals surface area contributed by atoms with Gasteiger partial charge in [-0.25, -0.2) is 0 Å². The highest BCUT2D eigenvalue weighted by molar-refractivity contribution is 4.92. The number of likely N-dealkylation sites (tertiary alicyclic amines) is 1. The number of aliphatic hydroxyl groups excluding tert-OH is 1. The molecule has 3 N–H and O–H groups in total. The number of hydrogen-bond donors (Lipinski definition) is 2. The van der Waals surface area contributed by atoms with E-state index in [1.807, 2.05) is 0 Å². The average Bonchev–Trinajstić information content (AvgIpc) is 2.20. The Bertz CT molecular complexity index is 212. The van der Waals surface area contributed by atoms with Crippen molar-refractivity contribution in [3.63, 3.8) is 0 Å². The normalized spacial score (nSPS) is 27.8. The molecule has 1 heterocycles. The maximum absolute atomic E-state index is 9.61. The van der Waals surface area contributed by atoms with Crippen molar-refractivity contribution in [1.29, 1.82) is 0 Å². The van der Waals surface area contributed by atoms with Crippen LogP contribution in [-0.2, 0) is 0 Å². The molecule has 1 aliphatic rings. The Balaban J connectivity index is 2.72. The van der Waals surface area contributed by atoms with E-state index >= 15 is 0 Å². The molecule has 0 spiro atoms. The van der Waals surface area contributed by atoms with E-state index in [2.05, 4.69) is 32.6 Å². The second kappa shape index (κ2) is 5.48. The van der Waals surface area contributed by atoms with Gasteiger partial charge < -0.3 is 10.8 Å². The van der Waals surface area contributed by atoms with Gasteiger partial charge in [-0.3, -0.25) is 4.90 Å². The number of rotatable bonds is 3. The first-order valence-electron chi connectivity index (χ1n) is 6.50. The van der Waals surface area contributed by atoms with Crippen molar-refractivity contribution in [3.8, 4) is 0 Å². The van der Waals surface area contributed by atoms with E-state index in [1.54, 1.807) is 0 Å². The third kappa shape index (κ3) is 3.19. The molecule has 0 bridgehead atoms. The van der Waals surface area contributed by atoms with Gasteiger partial charge in [0, 0.05) is 18.1 Å². The Morgan fingerprint density at radius 2 is 2.00 bits per heavy atom. The van der Waals surface area contributed by atoms with Crippen LogP contribution < -0.4 is 5.73 Å². The van der Waals surface area contributed by atoms with Gasteiger partial charge in [0.1, 0.15) is 0 Å². The first-order valence-corrected chi connectivity index (χ1v) is 6.50. The summed E-state index contributed by atoms with van der Waals surface area (Å²) in [5.74, 6) is 0. The van der Waals surface area contributed by atoms with Gasteiger partial charge in [-0.15, -0.1) is 0 Å². The van der Waals surface area contributed by atoms with E-state index < -0.39 is 0 Å². The number of hydrogen-bond acceptors (Lipinski definition) is 3. The molecule has 3 heteroatoms. The highest BCUT2D eigenvalue weighted by atomic mass is 16.3. The van der Waals surface area contributed by atoms with Crippen molar-refractivity contribution < 1.29 is 5.11 Å². The van der Waals surface area contributed by atoms with Crippen LogP contribution in [0.4, 0.5) is 0 Å². The highest BCUT2D eigenvalue weighted by Crippen LogP contribution is 2.27. The monoisotopic (exact) mass is 228 g/mol. The first-order chi connectivity index (χ1) is 7.38. The summed E-state index contributed by atoms with van der Waals surface area (Å²) >= 11 is 0. The lowest BCUT2D eigenvalue weighted by Crippen LogP contribution is -2.58. The third-order valence-electron chi connectivity index (χ3n) is 3.88. The second-order valence-corrected chi connectivity index (χ2v) is 6.22. The van der Waals surface area contributed by atoms with E-state index in [0.717, 1.165) is 6.54 Å². The fourth-order valence-electron chi connectivity index (χ4n) is 2.61. The fraction of sp³-hybridized carbons (Fsp3) is 1.00. The van der Waals surface area contributed by atoms with E-state index in [4.69, 9.17) is 5.73 Å². The molecule has 3 atom stereocenters. The smallest absolute Gasteiger partial charge is 0.0602 e. The largest absolute Gasteiger partial charge is 0.395 e. The van der Waals surface area contributed by atoms with Gasteiger partial charge in [0.25, 0.3) is 0 Å². The molecule has 0 saturated carbocycles. The number of nitrogens with two attached hydrogens (primary N) is 1. The van der Waals surface area contributed by atoms with Crippen LogP contribution in [0.5, 0.6) is 0 Å². The lowest BCUT2D eigenvalue weighted by molar-refractivity contribution is 0.0275. The molecule has 0 radical (unpaired) electrons. The van der Waals surface area contributed by atoms with Crippen LogP contribution in [0.15, 0.2) is 0 Å². The molecule has 3 nitrogen and oxygen atoms in total. The zero-order valence-corrected chi connectivity index (χ0v) is 11.2. The van der Waals surface area contributed by atoms with Crippen molar-refractivity contribution in [2.24, 2.45) is 11.1 Å². The minimum absolute atomic E-state index is 0.0260. The number of aliphatic hydroxyl groups is 1. The summed E-state index contributed by atoms with van der Waals surface area (Å²) in [7, 11) is 0. The molecule has 0 aromatic rings. The van der Waals surface area contributed by atoms with Gasteiger partial charge >= 0.3 is 0 Å². The summed E-state index contributed by atoms with van der Waals surface area (Å²) in [6, 6.07) is 0.688. The molecular formula is C13H28N2O. The topological polar surface area (TPSA) is 49.5 Å². The first kappa shape index (κ1) is 13.9. The van der Waals surface area contributed by atoms with Gasteiger partial charge in [-0.1, -0.05) is 27.2 Å². The van der Waals surface area contributed by atoms with Crippen molar-refractivity contribution in [2.45, 2.75) is 65.1 Å². The standard InChI is InChI=1S/C13H28N2O/c1-10-7-5-6-8-15(10)11(9-16)12(14)13(2,3)4/h10-12,16H,5-9,14H2,1-4H3. The van der Waals surface area contributed by atoms with Gasteiger partial charge in [0.2, 0.25) is 0 Å². The minimum Gasteiger partial charge on any atom is -0.395 e. The van der Waals surface area contributed by atoms with E-state index in [0.29, 0.717) is 6.04 Å². The molecule has 16 heavy (non-hydrogen) atoms. The summed E-state index contributed by atoms with van der Waals surface area (Å²) in [6.07, 6.45) is 3.77. The fourth-order valence-corrected chi connectivity index (χ4v) is 2.61. The van der Waals surface area contributed by atoms with Crippen molar-refractivity contribution in [3.05, 3.63) is 0 Å². The predicted molar refractivity (Wildman–Crippen MR) is 68.3 cm³/mol. The van der Waals surface area contributed by atoms with Crippen LogP contribution in [0.2, 0.25) is 0 Å². The van der Waals surface area contributed by atoms with Crippen LogP contribution in [0.25, 0.3) is 0 Å². The summed E-state index contributed by atoms with van der Waals surface area (Å²) in [4.78, 5) is 2.40. The molecular weight excluding hydrogens is 200 g/mol. The van der Waals surface area contributed by atoms with E-state index in [-0.39, 0.29) is 24.1 Å². The second-order valence-electron chi connectivity index (χ2n) is 6.22. The molecule has 0 aliphatic carbocycles. The Morgan fingerprint density at radius 3 is 2.44 bits per heavy atom. The maximum Gasteiger partial charge on any atom is 0.0602 e. The Hall–Kier alpha value is -0.120. The highest BCUT2D eigenvalue weighted by Gasteiger charge is 2.35. The lowest BCUT2D eigenvalue weighted by atomic mass is 9.81. The van der Waals surface area contributed by atoms with Crippen molar-refractivity contribution in [2.75, 3.05) is 13.2 Å². The van der Waals surface area contributed by atoms with Crippen LogP contribution in [0.1, 0.15) is 47.0 Å². The molecule has 1 fully saturated rings.